The van der Waals surface area contributed by atoms with Crippen molar-refractivity contribution in [1.82, 2.24) is 19.5 Å². The molecule has 2 atom stereocenters. The van der Waals surface area contributed by atoms with Crippen LogP contribution in [0.5, 0.6) is 0 Å². The van der Waals surface area contributed by atoms with Gasteiger partial charge in [-0.25, -0.2) is 4.98 Å². The predicted octanol–water partition coefficient (Wildman–Crippen LogP) is 2.76. The van der Waals surface area contributed by atoms with Gasteiger partial charge in [-0.15, -0.1) is 0 Å². The first-order valence-electron chi connectivity index (χ1n) is 12.2. The van der Waals surface area contributed by atoms with E-state index < -0.39 is 20.1 Å². The van der Waals surface area contributed by atoms with E-state index in [1.807, 2.05) is 12.1 Å². The quantitative estimate of drug-likeness (QED) is 0.275. The zero-order chi connectivity index (χ0) is 26.0. The maximum atomic E-state index is 12.4. The van der Waals surface area contributed by atoms with Crippen molar-refractivity contribution in [3.05, 3.63) is 83.8 Å². The number of nitrogens with one attached hydrogen (secondary N) is 2. The van der Waals surface area contributed by atoms with E-state index in [4.69, 9.17) is 9.16 Å². The van der Waals surface area contributed by atoms with Crippen LogP contribution in [0.1, 0.15) is 33.4 Å². The number of benzene rings is 2. The Morgan fingerprint density at radius 3 is 2.38 bits per heavy atom. The monoisotopic (exact) mass is 516 g/mol. The molecule has 191 valence electrons. The molecule has 9 nitrogen and oxygen atoms in total. The molecule has 2 unspecified atom stereocenters. The molecule has 2 N–H and O–H groups in total. The number of H-pyrrole nitrogens is 1. The van der Waals surface area contributed by atoms with E-state index in [1.165, 1.54) is 10.4 Å². The van der Waals surface area contributed by atoms with Crippen LogP contribution in [0.4, 0.5) is 5.95 Å². The van der Waals surface area contributed by atoms with Crippen molar-refractivity contribution in [2.45, 2.75) is 44.6 Å². The van der Waals surface area contributed by atoms with Crippen molar-refractivity contribution in [3.8, 4) is 0 Å². The predicted molar refractivity (Wildman–Crippen MR) is 144 cm³/mol. The topological polar surface area (TPSA) is 111 Å². The Bertz CT molecular complexity index is 1390. The number of imidazole rings is 1. The second kappa shape index (κ2) is 10.0. The van der Waals surface area contributed by atoms with Gasteiger partial charge in [0.25, 0.3) is 13.9 Å². The normalized spacial score (nSPS) is 18.2. The Balaban J connectivity index is 1.42. The number of aromatic amines is 1. The second-order valence-electron chi connectivity index (χ2n) is 10.1. The van der Waals surface area contributed by atoms with Gasteiger partial charge in [-0.1, -0.05) is 81.4 Å². The molecule has 1 amide bonds. The van der Waals surface area contributed by atoms with Gasteiger partial charge < -0.3 is 9.16 Å². The summed E-state index contributed by atoms with van der Waals surface area (Å²) in [6.45, 7) is 7.12. The third-order valence-electron chi connectivity index (χ3n) is 6.75. The van der Waals surface area contributed by atoms with Crippen LogP contribution >= 0.6 is 0 Å². The van der Waals surface area contributed by atoms with E-state index in [1.54, 1.807) is 10.9 Å². The molecule has 37 heavy (non-hydrogen) atoms. The first-order chi connectivity index (χ1) is 17.8. The minimum absolute atomic E-state index is 0.0581. The van der Waals surface area contributed by atoms with Gasteiger partial charge in [0.1, 0.15) is 6.23 Å². The van der Waals surface area contributed by atoms with Gasteiger partial charge in [0.05, 0.1) is 19.0 Å². The number of amides is 1. The highest BCUT2D eigenvalue weighted by atomic mass is 28.4. The molecular weight excluding hydrogens is 486 g/mol. The van der Waals surface area contributed by atoms with Gasteiger partial charge in [-0.05, 0) is 28.3 Å². The third-order valence-corrected chi connectivity index (χ3v) is 11.8. The van der Waals surface area contributed by atoms with Gasteiger partial charge in [0, 0.05) is 0 Å². The van der Waals surface area contributed by atoms with Gasteiger partial charge in [0.2, 0.25) is 12.4 Å². The third kappa shape index (κ3) is 4.63. The molecule has 2 aromatic heterocycles. The highest BCUT2D eigenvalue weighted by molar-refractivity contribution is 6.99. The number of hydrogen-bond acceptors (Lipinski definition) is 6. The summed E-state index contributed by atoms with van der Waals surface area (Å²) in [7, 11) is -2.69. The lowest BCUT2D eigenvalue weighted by molar-refractivity contribution is -0.105. The lowest BCUT2D eigenvalue weighted by atomic mass is 10.2. The zero-order valence-corrected chi connectivity index (χ0v) is 22.0. The van der Waals surface area contributed by atoms with Crippen molar-refractivity contribution in [2.75, 3.05) is 11.9 Å². The van der Waals surface area contributed by atoms with Crippen LogP contribution in [-0.4, -0.2) is 47.0 Å². The van der Waals surface area contributed by atoms with Crippen LogP contribution in [0.25, 0.3) is 11.2 Å². The molecule has 2 aromatic carbocycles. The number of carbonyl (C=O) groups excluding carboxylic acids is 1. The first kappa shape index (κ1) is 25.1. The summed E-state index contributed by atoms with van der Waals surface area (Å²) in [5.41, 5.74) is 0.105. The highest BCUT2D eigenvalue weighted by Crippen LogP contribution is 2.38. The summed E-state index contributed by atoms with van der Waals surface area (Å²) >= 11 is 0. The number of carbonyl (C=O) groups is 1. The zero-order valence-electron chi connectivity index (χ0n) is 21.0. The average molecular weight is 517 g/mol. The van der Waals surface area contributed by atoms with Gasteiger partial charge in [-0.3, -0.25) is 24.5 Å². The van der Waals surface area contributed by atoms with Crippen LogP contribution < -0.4 is 21.2 Å². The Morgan fingerprint density at radius 2 is 1.78 bits per heavy atom. The fraction of sp³-hybridized carbons (Fsp3) is 0.296. The van der Waals surface area contributed by atoms with Gasteiger partial charge in [-0.2, -0.15) is 4.98 Å². The summed E-state index contributed by atoms with van der Waals surface area (Å²) in [6, 6.07) is 21.0. The molecule has 3 heterocycles. The molecular formula is C27H30N5O4Si. The maximum Gasteiger partial charge on any atom is 0.280 e. The van der Waals surface area contributed by atoms with Crippen LogP contribution in [0.2, 0.25) is 5.04 Å². The molecule has 0 spiro atoms. The van der Waals surface area contributed by atoms with Crippen molar-refractivity contribution < 1.29 is 14.0 Å². The molecule has 10 heteroatoms. The van der Waals surface area contributed by atoms with Crippen molar-refractivity contribution >= 4 is 42.2 Å². The molecule has 1 aliphatic rings. The van der Waals surface area contributed by atoms with E-state index in [9.17, 15) is 9.59 Å². The molecule has 1 radical (unpaired) electrons. The van der Waals surface area contributed by atoms with Gasteiger partial charge >= 0.3 is 0 Å². The summed E-state index contributed by atoms with van der Waals surface area (Å²) in [5, 5.41) is 4.67. The highest BCUT2D eigenvalue weighted by Gasteiger charge is 2.50. The van der Waals surface area contributed by atoms with Crippen molar-refractivity contribution in [2.24, 2.45) is 0 Å². The standard InChI is InChI=1S/C27H30N5O4Si/c1-27(2,3)37(20-10-6-4-7-11-20,21-12-8-5-9-13-21)35-16-19-14-15-22(36-19)32-17-28-23-24(32)30-26(29-18-33)31-25(23)34/h4-14,17-19,22H,15-16H2,1-3H3,(H2,29,30,31,33,34). The van der Waals surface area contributed by atoms with Crippen molar-refractivity contribution in [3.63, 3.8) is 0 Å². The van der Waals surface area contributed by atoms with Crippen LogP contribution in [0.15, 0.2) is 71.8 Å². The smallest absolute Gasteiger partial charge is 0.280 e. The second-order valence-corrected chi connectivity index (χ2v) is 14.4. The Morgan fingerprint density at radius 1 is 1.14 bits per heavy atom. The lowest BCUT2D eigenvalue weighted by Crippen LogP contribution is -2.67. The van der Waals surface area contributed by atoms with E-state index >= 15 is 0 Å². The fourth-order valence-corrected chi connectivity index (χ4v) is 9.67. The Kier molecular flexibility index (Phi) is 6.80. The number of nitrogens with zero attached hydrogens (tertiary/aromatic N) is 3. The summed E-state index contributed by atoms with van der Waals surface area (Å²) in [6.07, 6.45) is 4.05. The van der Waals surface area contributed by atoms with E-state index in [0.717, 1.165) is 0 Å². The van der Waals surface area contributed by atoms with E-state index in [-0.39, 0.29) is 22.6 Å². The van der Waals surface area contributed by atoms with Crippen LogP contribution in [-0.2, 0) is 14.0 Å². The molecule has 5 rings (SSSR count). The van der Waals surface area contributed by atoms with Crippen LogP contribution in [0.3, 0.4) is 0 Å². The average Bonchev–Trinajstić information content (AvgIpc) is 3.52. The number of ether oxygens (including phenoxy) is 1. The Hall–Kier alpha value is -3.60. The molecule has 4 aromatic rings. The first-order valence-corrected chi connectivity index (χ1v) is 14.1. The number of rotatable bonds is 8. The molecule has 1 saturated heterocycles. The van der Waals surface area contributed by atoms with Gasteiger partial charge in [0.15, 0.2) is 11.2 Å². The number of anilines is 1. The minimum Gasteiger partial charge on any atom is -0.405 e. The summed E-state index contributed by atoms with van der Waals surface area (Å²) < 4.78 is 15.1. The number of hydrogen-bond donors (Lipinski definition) is 2. The maximum absolute atomic E-state index is 12.4. The molecule has 0 bridgehead atoms. The fourth-order valence-electron chi connectivity index (χ4n) is 5.10. The largest absolute Gasteiger partial charge is 0.405 e. The minimum atomic E-state index is -2.69. The summed E-state index contributed by atoms with van der Waals surface area (Å²) in [5.74, 6) is 0.0581. The number of aromatic nitrogens is 4. The number of fused-ring (bicyclic) bond motifs is 1. The molecule has 1 fully saturated rings. The summed E-state index contributed by atoms with van der Waals surface area (Å²) in [4.78, 5) is 34.2. The van der Waals surface area contributed by atoms with E-state index in [2.05, 4.69) is 96.0 Å². The van der Waals surface area contributed by atoms with Crippen LogP contribution in [0, 0.1) is 6.42 Å². The van der Waals surface area contributed by atoms with E-state index in [0.29, 0.717) is 25.1 Å². The molecule has 0 aliphatic carbocycles. The SMILES string of the molecule is CC(C)(C)[Si](OCC1[CH]CC(n2cnc3c(=O)[nH]c(NC=O)nc32)O1)(c1ccccc1)c1ccccc1. The molecule has 0 saturated carbocycles. The molecule has 1 aliphatic heterocycles. The van der Waals surface area contributed by atoms with Crippen molar-refractivity contribution in [1.29, 1.82) is 0 Å². The lowest BCUT2D eigenvalue weighted by Gasteiger charge is -2.43. The Labute approximate surface area is 216 Å².